The largest absolute Gasteiger partial charge is 0.507 e. The zero-order valence-corrected chi connectivity index (χ0v) is 17.5. The van der Waals surface area contributed by atoms with Crippen molar-refractivity contribution >= 4 is 40.6 Å². The van der Waals surface area contributed by atoms with Crippen LogP contribution in [0.3, 0.4) is 0 Å². The molecule has 2 amide bonds. The lowest BCUT2D eigenvalue weighted by Gasteiger charge is -2.35. The van der Waals surface area contributed by atoms with E-state index in [2.05, 4.69) is 5.32 Å². The number of para-hydroxylation sites is 1. The Morgan fingerprint density at radius 2 is 1.74 bits per heavy atom. The molecule has 1 atom stereocenters. The SMILES string of the molecule is COC(CN1C(=O)C(=O)/C(=C(\O)c2ccc(Cl)cc2)C12C(=O)Nc1ccccc12)OC. The van der Waals surface area contributed by atoms with Crippen molar-refractivity contribution < 1.29 is 29.0 Å². The number of nitrogens with one attached hydrogen (secondary N) is 1. The molecule has 0 saturated carbocycles. The molecule has 0 radical (unpaired) electrons. The Balaban J connectivity index is 2.01. The van der Waals surface area contributed by atoms with Crippen molar-refractivity contribution in [3.63, 3.8) is 0 Å². The van der Waals surface area contributed by atoms with Crippen molar-refractivity contribution in [2.24, 2.45) is 0 Å². The Morgan fingerprint density at radius 3 is 2.39 bits per heavy atom. The molecular formula is C22H19ClN2O6. The van der Waals surface area contributed by atoms with Gasteiger partial charge in [-0.2, -0.15) is 0 Å². The quantitative estimate of drug-likeness (QED) is 0.319. The zero-order valence-electron chi connectivity index (χ0n) is 16.7. The minimum Gasteiger partial charge on any atom is -0.507 e. The third-order valence-corrected chi connectivity index (χ3v) is 5.79. The zero-order chi connectivity index (χ0) is 22.3. The molecule has 8 nitrogen and oxygen atoms in total. The molecule has 0 bridgehead atoms. The van der Waals surface area contributed by atoms with Crippen molar-refractivity contribution in [3.8, 4) is 0 Å². The van der Waals surface area contributed by atoms with Crippen molar-refractivity contribution in [2.75, 3.05) is 26.1 Å². The predicted octanol–water partition coefficient (Wildman–Crippen LogP) is 2.49. The van der Waals surface area contributed by atoms with Gasteiger partial charge in [0.15, 0.2) is 11.8 Å². The highest BCUT2D eigenvalue weighted by Gasteiger charge is 2.65. The Morgan fingerprint density at radius 1 is 1.10 bits per heavy atom. The number of nitrogens with zero attached hydrogens (tertiary/aromatic N) is 1. The minimum absolute atomic E-state index is 0.212. The number of hydrogen-bond acceptors (Lipinski definition) is 6. The van der Waals surface area contributed by atoms with Gasteiger partial charge >= 0.3 is 0 Å². The first-order valence-electron chi connectivity index (χ1n) is 9.38. The molecule has 0 aliphatic carbocycles. The van der Waals surface area contributed by atoms with Crippen LogP contribution in [0.2, 0.25) is 5.02 Å². The van der Waals surface area contributed by atoms with E-state index < -0.39 is 35.2 Å². The number of halogens is 1. The number of ketones is 1. The highest BCUT2D eigenvalue weighted by molar-refractivity contribution is 6.49. The summed E-state index contributed by atoms with van der Waals surface area (Å²) < 4.78 is 10.4. The van der Waals surface area contributed by atoms with Crippen LogP contribution >= 0.6 is 11.6 Å². The third-order valence-electron chi connectivity index (χ3n) is 5.54. The normalized spacial score (nSPS) is 21.8. The molecule has 31 heavy (non-hydrogen) atoms. The number of fused-ring (bicyclic) bond motifs is 2. The van der Waals surface area contributed by atoms with Crippen molar-refractivity contribution in [1.82, 2.24) is 4.90 Å². The van der Waals surface area contributed by atoms with E-state index in [-0.39, 0.29) is 17.7 Å². The number of aliphatic hydroxyl groups is 1. The summed E-state index contributed by atoms with van der Waals surface area (Å²) >= 11 is 5.93. The first-order valence-corrected chi connectivity index (χ1v) is 9.76. The number of rotatable bonds is 5. The maximum atomic E-state index is 13.4. The highest BCUT2D eigenvalue weighted by Crippen LogP contribution is 2.51. The number of methoxy groups -OCH3 is 2. The Kier molecular flexibility index (Phi) is 5.30. The van der Waals surface area contributed by atoms with Crippen LogP contribution in [0.15, 0.2) is 54.1 Å². The summed E-state index contributed by atoms with van der Waals surface area (Å²) in [6.07, 6.45) is -0.897. The number of carbonyl (C=O) groups is 3. The van der Waals surface area contributed by atoms with Crippen LogP contribution in [0.1, 0.15) is 11.1 Å². The number of Topliss-reactive ketones (excluding diaryl/α,β-unsaturated/α-hetero) is 1. The van der Waals surface area contributed by atoms with E-state index in [0.29, 0.717) is 16.3 Å². The lowest BCUT2D eigenvalue weighted by atomic mass is 9.82. The topological polar surface area (TPSA) is 105 Å². The van der Waals surface area contributed by atoms with E-state index in [4.69, 9.17) is 21.1 Å². The van der Waals surface area contributed by atoms with Gasteiger partial charge in [0, 0.05) is 36.1 Å². The van der Waals surface area contributed by atoms with Crippen molar-refractivity contribution in [1.29, 1.82) is 0 Å². The Bertz CT molecular complexity index is 1110. The average Bonchev–Trinajstić information content (AvgIpc) is 3.18. The molecule has 1 fully saturated rings. The lowest BCUT2D eigenvalue weighted by molar-refractivity contribution is -0.155. The summed E-state index contributed by atoms with van der Waals surface area (Å²) in [5.74, 6) is -3.03. The molecule has 1 saturated heterocycles. The summed E-state index contributed by atoms with van der Waals surface area (Å²) in [4.78, 5) is 40.8. The van der Waals surface area contributed by atoms with Crippen LogP contribution in [0, 0.1) is 0 Å². The molecule has 0 aromatic heterocycles. The molecule has 160 valence electrons. The van der Waals surface area contributed by atoms with Crippen LogP contribution in [0.4, 0.5) is 5.69 Å². The number of amides is 2. The van der Waals surface area contributed by atoms with Gasteiger partial charge < -0.3 is 24.8 Å². The second-order valence-corrected chi connectivity index (χ2v) is 7.52. The van der Waals surface area contributed by atoms with Crippen LogP contribution in [-0.4, -0.2) is 54.7 Å². The van der Waals surface area contributed by atoms with Gasteiger partial charge in [0.05, 0.1) is 12.1 Å². The van der Waals surface area contributed by atoms with Gasteiger partial charge in [0.25, 0.3) is 17.6 Å². The number of benzene rings is 2. The number of carbonyl (C=O) groups excluding carboxylic acids is 3. The van der Waals surface area contributed by atoms with Gasteiger partial charge in [-0.3, -0.25) is 14.4 Å². The van der Waals surface area contributed by atoms with Gasteiger partial charge in [-0.1, -0.05) is 29.8 Å². The van der Waals surface area contributed by atoms with E-state index in [0.717, 1.165) is 4.90 Å². The molecular weight excluding hydrogens is 424 g/mol. The fourth-order valence-corrected chi connectivity index (χ4v) is 4.21. The van der Waals surface area contributed by atoms with Gasteiger partial charge in [0.2, 0.25) is 0 Å². The molecule has 2 aromatic rings. The van der Waals surface area contributed by atoms with Crippen LogP contribution < -0.4 is 5.32 Å². The highest BCUT2D eigenvalue weighted by atomic mass is 35.5. The molecule has 2 aliphatic heterocycles. The minimum atomic E-state index is -1.87. The maximum Gasteiger partial charge on any atom is 0.296 e. The smallest absolute Gasteiger partial charge is 0.296 e. The van der Waals surface area contributed by atoms with Crippen LogP contribution in [-0.2, 0) is 29.4 Å². The molecule has 1 unspecified atom stereocenters. The van der Waals surface area contributed by atoms with E-state index in [1.165, 1.54) is 38.5 Å². The average molecular weight is 443 g/mol. The number of anilines is 1. The standard InChI is InChI=1S/C22H19ClN2O6/c1-30-16(31-2)11-25-20(28)19(27)17(18(26)12-7-9-13(23)10-8-12)22(25)14-5-3-4-6-15(14)24-21(22)29/h3-10,16,26H,11H2,1-2H3,(H,24,29)/b18-17+. The number of hydrogen-bond donors (Lipinski definition) is 2. The van der Waals surface area contributed by atoms with E-state index in [9.17, 15) is 19.5 Å². The molecule has 2 N–H and O–H groups in total. The first-order chi connectivity index (χ1) is 14.9. The lowest BCUT2D eigenvalue weighted by Crippen LogP contribution is -2.52. The van der Waals surface area contributed by atoms with Gasteiger partial charge in [-0.05, 0) is 30.3 Å². The second-order valence-electron chi connectivity index (χ2n) is 7.09. The van der Waals surface area contributed by atoms with E-state index in [1.807, 2.05) is 0 Å². The first kappa shape index (κ1) is 21.0. The van der Waals surface area contributed by atoms with E-state index >= 15 is 0 Å². The molecule has 2 aromatic carbocycles. The Labute approximate surface area is 183 Å². The third kappa shape index (κ3) is 3.03. The molecule has 1 spiro atoms. The monoisotopic (exact) mass is 442 g/mol. The second kappa shape index (κ2) is 7.81. The van der Waals surface area contributed by atoms with Crippen molar-refractivity contribution in [3.05, 3.63) is 70.3 Å². The number of ether oxygens (including phenoxy) is 2. The molecule has 2 heterocycles. The van der Waals surface area contributed by atoms with Gasteiger partial charge in [0.1, 0.15) is 5.76 Å². The molecule has 2 aliphatic rings. The van der Waals surface area contributed by atoms with Crippen LogP contribution in [0.5, 0.6) is 0 Å². The molecule has 9 heteroatoms. The maximum absolute atomic E-state index is 13.4. The number of aliphatic hydroxyl groups excluding tert-OH is 1. The summed E-state index contributed by atoms with van der Waals surface area (Å²) in [7, 11) is 2.77. The van der Waals surface area contributed by atoms with E-state index in [1.54, 1.807) is 24.3 Å². The van der Waals surface area contributed by atoms with Crippen molar-refractivity contribution in [2.45, 2.75) is 11.8 Å². The Hall–Kier alpha value is -3.20. The van der Waals surface area contributed by atoms with Gasteiger partial charge in [-0.25, -0.2) is 0 Å². The fourth-order valence-electron chi connectivity index (χ4n) is 4.09. The fraction of sp³-hybridized carbons (Fsp3) is 0.227. The molecule has 4 rings (SSSR count). The van der Waals surface area contributed by atoms with Gasteiger partial charge in [-0.15, -0.1) is 0 Å². The summed E-state index contributed by atoms with van der Waals surface area (Å²) in [6.45, 7) is -0.212. The van der Waals surface area contributed by atoms with Crippen LogP contribution in [0.25, 0.3) is 5.76 Å². The summed E-state index contributed by atoms with van der Waals surface area (Å²) in [5.41, 5.74) is -1.14. The predicted molar refractivity (Wildman–Crippen MR) is 112 cm³/mol. The number of likely N-dealkylation sites (tertiary alicyclic amines) is 1. The summed E-state index contributed by atoms with van der Waals surface area (Å²) in [5, 5.41) is 14.3. The summed E-state index contributed by atoms with van der Waals surface area (Å²) in [6, 6.07) is 12.8.